The van der Waals surface area contributed by atoms with Gasteiger partial charge in [-0.3, -0.25) is 9.59 Å². The predicted molar refractivity (Wildman–Crippen MR) is 105 cm³/mol. The first-order chi connectivity index (χ1) is 12.0. The second kappa shape index (κ2) is 7.97. The topological polar surface area (TPSA) is 63.4 Å². The number of carbonyl (C=O) groups excluding carboxylic acids is 2. The molecule has 0 aliphatic carbocycles. The molecule has 2 N–H and O–H groups in total. The van der Waals surface area contributed by atoms with Crippen LogP contribution in [-0.2, 0) is 9.59 Å². The zero-order valence-electron chi connectivity index (χ0n) is 13.7. The van der Waals surface area contributed by atoms with Gasteiger partial charge in [0.05, 0.1) is 5.57 Å². The lowest BCUT2D eigenvalue weighted by Gasteiger charge is -2.31. The Balaban J connectivity index is 1.84. The third-order valence-electron chi connectivity index (χ3n) is 4.38. The summed E-state index contributed by atoms with van der Waals surface area (Å²) in [6.45, 7) is 1.13. The molecule has 4 nitrogen and oxygen atoms in total. The Labute approximate surface area is 159 Å². The fourth-order valence-corrected chi connectivity index (χ4v) is 3.93. The molecular formula is C19H19BrN2O2S. The molecule has 2 heterocycles. The van der Waals surface area contributed by atoms with Crippen LogP contribution in [0.2, 0.25) is 0 Å². The van der Waals surface area contributed by atoms with Crippen molar-refractivity contribution in [3.8, 4) is 0 Å². The molecule has 6 heteroatoms. The SMILES string of the molecule is NC(=O)C1CCN(C(=O)/C(=C\c2ccc(Br)cc2)c2cccs2)CC1. The van der Waals surface area contributed by atoms with E-state index in [1.165, 1.54) is 0 Å². The van der Waals surface area contributed by atoms with Crippen LogP contribution in [0.5, 0.6) is 0 Å². The molecule has 25 heavy (non-hydrogen) atoms. The summed E-state index contributed by atoms with van der Waals surface area (Å²) in [5, 5.41) is 1.97. The number of piperidine rings is 1. The van der Waals surface area contributed by atoms with Gasteiger partial charge in [0.15, 0.2) is 0 Å². The molecule has 0 bridgehead atoms. The second-order valence-corrected chi connectivity index (χ2v) is 7.92. The summed E-state index contributed by atoms with van der Waals surface area (Å²) in [7, 11) is 0. The lowest BCUT2D eigenvalue weighted by atomic mass is 9.95. The lowest BCUT2D eigenvalue weighted by molar-refractivity contribution is -0.130. The maximum atomic E-state index is 13.1. The molecule has 0 atom stereocenters. The van der Waals surface area contributed by atoms with E-state index < -0.39 is 0 Å². The molecule has 1 aliphatic rings. The molecule has 0 unspecified atom stereocenters. The number of likely N-dealkylation sites (tertiary alicyclic amines) is 1. The van der Waals surface area contributed by atoms with Gasteiger partial charge < -0.3 is 10.6 Å². The molecule has 1 aromatic carbocycles. The van der Waals surface area contributed by atoms with Crippen LogP contribution >= 0.6 is 27.3 Å². The van der Waals surface area contributed by atoms with Crippen molar-refractivity contribution >= 4 is 50.7 Å². The molecule has 130 valence electrons. The molecule has 1 fully saturated rings. The lowest BCUT2D eigenvalue weighted by Crippen LogP contribution is -2.42. The fourth-order valence-electron chi connectivity index (χ4n) is 2.93. The average Bonchev–Trinajstić information content (AvgIpc) is 3.15. The Morgan fingerprint density at radius 2 is 1.84 bits per heavy atom. The van der Waals surface area contributed by atoms with E-state index in [1.807, 2.05) is 52.8 Å². The average molecular weight is 419 g/mol. The fraction of sp³-hybridized carbons (Fsp3) is 0.263. The summed E-state index contributed by atoms with van der Waals surface area (Å²) < 4.78 is 1.00. The minimum Gasteiger partial charge on any atom is -0.369 e. The number of nitrogens with zero attached hydrogens (tertiary/aromatic N) is 1. The van der Waals surface area contributed by atoms with E-state index in [0.717, 1.165) is 14.9 Å². The maximum absolute atomic E-state index is 13.1. The smallest absolute Gasteiger partial charge is 0.255 e. The number of thiophene rings is 1. The molecule has 0 radical (unpaired) electrons. The Hall–Kier alpha value is -1.92. The molecule has 0 saturated carbocycles. The van der Waals surface area contributed by atoms with E-state index in [9.17, 15) is 9.59 Å². The molecular weight excluding hydrogens is 400 g/mol. The van der Waals surface area contributed by atoms with Gasteiger partial charge in [0.25, 0.3) is 5.91 Å². The van der Waals surface area contributed by atoms with Crippen molar-refractivity contribution in [1.29, 1.82) is 0 Å². The molecule has 1 aromatic heterocycles. The summed E-state index contributed by atoms with van der Waals surface area (Å²) in [5.74, 6) is -0.381. The predicted octanol–water partition coefficient (Wildman–Crippen LogP) is 3.78. The Bertz CT molecular complexity index is 776. The highest BCUT2D eigenvalue weighted by molar-refractivity contribution is 9.10. The van der Waals surface area contributed by atoms with Gasteiger partial charge in [-0.15, -0.1) is 11.3 Å². The van der Waals surface area contributed by atoms with Crippen molar-refractivity contribution in [1.82, 2.24) is 4.90 Å². The van der Waals surface area contributed by atoms with E-state index >= 15 is 0 Å². The van der Waals surface area contributed by atoms with Crippen LogP contribution in [0.3, 0.4) is 0 Å². The van der Waals surface area contributed by atoms with Crippen molar-refractivity contribution in [2.75, 3.05) is 13.1 Å². The third kappa shape index (κ3) is 4.38. The van der Waals surface area contributed by atoms with Crippen LogP contribution in [0, 0.1) is 5.92 Å². The first-order valence-electron chi connectivity index (χ1n) is 8.14. The Kier molecular flexibility index (Phi) is 5.71. The van der Waals surface area contributed by atoms with Gasteiger partial charge in [-0.25, -0.2) is 0 Å². The zero-order valence-corrected chi connectivity index (χ0v) is 16.1. The highest BCUT2D eigenvalue weighted by atomic mass is 79.9. The van der Waals surface area contributed by atoms with Gasteiger partial charge in [0.1, 0.15) is 0 Å². The van der Waals surface area contributed by atoms with E-state index in [-0.39, 0.29) is 17.7 Å². The third-order valence-corrected chi connectivity index (χ3v) is 5.81. The van der Waals surface area contributed by atoms with E-state index in [1.54, 1.807) is 11.3 Å². The summed E-state index contributed by atoms with van der Waals surface area (Å²) in [6.07, 6.45) is 3.20. The van der Waals surface area contributed by atoms with Crippen LogP contribution < -0.4 is 5.73 Å². The summed E-state index contributed by atoms with van der Waals surface area (Å²) >= 11 is 4.98. The number of hydrogen-bond acceptors (Lipinski definition) is 3. The highest BCUT2D eigenvalue weighted by Gasteiger charge is 2.28. The number of nitrogens with two attached hydrogens (primary N) is 1. The molecule has 0 spiro atoms. The van der Waals surface area contributed by atoms with Gasteiger partial charge >= 0.3 is 0 Å². The number of rotatable bonds is 4. The summed E-state index contributed by atoms with van der Waals surface area (Å²) in [4.78, 5) is 27.2. The van der Waals surface area contributed by atoms with Gasteiger partial charge in [0, 0.05) is 28.4 Å². The molecule has 1 aliphatic heterocycles. The van der Waals surface area contributed by atoms with Crippen molar-refractivity contribution in [3.05, 3.63) is 56.7 Å². The Morgan fingerprint density at radius 1 is 1.16 bits per heavy atom. The minimum atomic E-state index is -0.268. The minimum absolute atomic E-state index is 0.00768. The normalized spacial score (nSPS) is 16.0. The number of benzene rings is 1. The quantitative estimate of drug-likeness (QED) is 0.767. The van der Waals surface area contributed by atoms with Crippen molar-refractivity contribution in [2.24, 2.45) is 11.7 Å². The van der Waals surface area contributed by atoms with Crippen molar-refractivity contribution in [2.45, 2.75) is 12.8 Å². The van der Waals surface area contributed by atoms with E-state index in [0.29, 0.717) is 31.5 Å². The maximum Gasteiger partial charge on any atom is 0.255 e. The second-order valence-electron chi connectivity index (χ2n) is 6.06. The van der Waals surface area contributed by atoms with Crippen molar-refractivity contribution < 1.29 is 9.59 Å². The number of halogens is 1. The van der Waals surface area contributed by atoms with Gasteiger partial charge in [-0.1, -0.05) is 34.1 Å². The zero-order chi connectivity index (χ0) is 17.8. The molecule has 2 aromatic rings. The van der Waals surface area contributed by atoms with E-state index in [2.05, 4.69) is 15.9 Å². The van der Waals surface area contributed by atoms with Crippen LogP contribution in [-0.4, -0.2) is 29.8 Å². The summed E-state index contributed by atoms with van der Waals surface area (Å²) in [5.41, 5.74) is 7.05. The van der Waals surface area contributed by atoms with Crippen LogP contribution in [0.15, 0.2) is 46.3 Å². The van der Waals surface area contributed by atoms with E-state index in [4.69, 9.17) is 5.73 Å². The number of primary amides is 1. The first-order valence-corrected chi connectivity index (χ1v) is 9.81. The van der Waals surface area contributed by atoms with Gasteiger partial charge in [-0.2, -0.15) is 0 Å². The van der Waals surface area contributed by atoms with Crippen molar-refractivity contribution in [3.63, 3.8) is 0 Å². The number of carbonyl (C=O) groups is 2. The molecule has 3 rings (SSSR count). The van der Waals surface area contributed by atoms with Crippen LogP contribution in [0.25, 0.3) is 11.6 Å². The Morgan fingerprint density at radius 3 is 2.40 bits per heavy atom. The number of hydrogen-bond donors (Lipinski definition) is 1. The molecule has 2 amide bonds. The van der Waals surface area contributed by atoms with Gasteiger partial charge in [0.2, 0.25) is 5.91 Å². The monoisotopic (exact) mass is 418 g/mol. The van der Waals surface area contributed by atoms with Crippen LogP contribution in [0.4, 0.5) is 0 Å². The standard InChI is InChI=1S/C19H19BrN2O2S/c20-15-5-3-13(4-6-15)12-16(17-2-1-11-25-17)19(24)22-9-7-14(8-10-22)18(21)23/h1-6,11-12,14H,7-10H2,(H2,21,23)/b16-12-. The highest BCUT2D eigenvalue weighted by Crippen LogP contribution is 2.27. The van der Waals surface area contributed by atoms with Crippen LogP contribution in [0.1, 0.15) is 23.3 Å². The largest absolute Gasteiger partial charge is 0.369 e. The molecule has 1 saturated heterocycles. The number of amides is 2. The first kappa shape index (κ1) is 17.9. The van der Waals surface area contributed by atoms with Gasteiger partial charge in [-0.05, 0) is 48.1 Å². The summed E-state index contributed by atoms with van der Waals surface area (Å²) in [6, 6.07) is 11.8.